The van der Waals surface area contributed by atoms with Crippen molar-refractivity contribution in [3.8, 4) is 0 Å². The van der Waals surface area contributed by atoms with Crippen LogP contribution in [0.25, 0.3) is 0 Å². The maximum absolute atomic E-state index is 14.0. The van der Waals surface area contributed by atoms with Crippen molar-refractivity contribution in [3.05, 3.63) is 0 Å². The number of esters is 2. The number of hydrogen-bond donors (Lipinski definition) is 0. The van der Waals surface area contributed by atoms with Gasteiger partial charge < -0.3 is 14.2 Å². The fourth-order valence-corrected chi connectivity index (χ4v) is 12.5. The van der Waals surface area contributed by atoms with Crippen LogP contribution in [-0.4, -0.2) is 35.7 Å². The Balaban J connectivity index is 1.43. The van der Waals surface area contributed by atoms with E-state index in [1.54, 1.807) is 0 Å². The van der Waals surface area contributed by atoms with Crippen LogP contribution in [0.2, 0.25) is 0 Å². The van der Waals surface area contributed by atoms with Gasteiger partial charge in [-0.25, -0.2) is 0 Å². The minimum Gasteiger partial charge on any atom is -0.455 e. The third kappa shape index (κ3) is 2.51. The molecule has 2 saturated heterocycles. The lowest BCUT2D eigenvalue weighted by atomic mass is 9.30. The molecule has 5 aliphatic carbocycles. The molecular formula is C32H46O6. The molecule has 2 aliphatic heterocycles. The normalized spacial score (nSPS) is 55.2. The number of ether oxygens (including phenoxy) is 3. The van der Waals surface area contributed by atoms with Crippen LogP contribution in [0.3, 0.4) is 0 Å². The average molecular weight is 527 g/mol. The van der Waals surface area contributed by atoms with Gasteiger partial charge in [0.15, 0.2) is 5.60 Å². The first-order valence-electron chi connectivity index (χ1n) is 15.2. The molecule has 0 amide bonds. The minimum absolute atomic E-state index is 0.0191. The largest absolute Gasteiger partial charge is 0.455 e. The van der Waals surface area contributed by atoms with Crippen LogP contribution in [0.15, 0.2) is 0 Å². The zero-order valence-electron chi connectivity index (χ0n) is 24.4. The summed E-state index contributed by atoms with van der Waals surface area (Å²) < 4.78 is 19.8. The molecule has 1 spiro atoms. The fourth-order valence-electron chi connectivity index (χ4n) is 12.5. The number of carbonyl (C=O) groups excluding carboxylic acids is 3. The highest BCUT2D eigenvalue weighted by molar-refractivity contribution is 5.85. The lowest BCUT2D eigenvalue weighted by Crippen LogP contribution is -2.75. The number of carbonyl (C=O) groups is 3. The van der Waals surface area contributed by atoms with Crippen LogP contribution in [0.4, 0.5) is 0 Å². The summed E-state index contributed by atoms with van der Waals surface area (Å²) in [6.07, 6.45) is 7.66. The third-order valence-corrected chi connectivity index (χ3v) is 14.2. The molecule has 0 aromatic carbocycles. The summed E-state index contributed by atoms with van der Waals surface area (Å²) in [5.74, 6) is 0.736. The highest BCUT2D eigenvalue weighted by Gasteiger charge is 2.90. The minimum atomic E-state index is -0.755. The first kappa shape index (κ1) is 25.5. The molecule has 0 aromatic rings. The maximum atomic E-state index is 14.0. The van der Waals surface area contributed by atoms with Crippen molar-refractivity contribution in [3.63, 3.8) is 0 Å². The summed E-state index contributed by atoms with van der Waals surface area (Å²) >= 11 is 0. The molecule has 0 radical (unpaired) electrons. The molecule has 5 saturated carbocycles. The summed E-state index contributed by atoms with van der Waals surface area (Å²) in [7, 11) is 0. The molecule has 1 unspecified atom stereocenters. The van der Waals surface area contributed by atoms with Gasteiger partial charge in [0.25, 0.3) is 0 Å². The standard InChI is InChI=1S/C32H46O6/c1-18(33)36-25-31-15-14-30-13-12-26(2,3)17-21(30)32(31,38-24(30)35)23(37-25)16-20-28(6)10-9-22(34)27(4,5)19(28)8-11-29(20,31)7/h19-21,23,25H,8-17H2,1-7H3/t19-,20+,21+,23-,25?,28-,29+,30-,31+,32+/m0/s1. The van der Waals surface area contributed by atoms with Gasteiger partial charge in [0.2, 0.25) is 6.29 Å². The summed E-state index contributed by atoms with van der Waals surface area (Å²) in [5, 5.41) is 0. The second-order valence-corrected chi connectivity index (χ2v) is 16.2. The molecule has 0 N–H and O–H groups in total. The van der Waals surface area contributed by atoms with Gasteiger partial charge in [0, 0.05) is 24.7 Å². The fraction of sp³-hybridized carbons (Fsp3) is 0.906. The van der Waals surface area contributed by atoms with Gasteiger partial charge in [-0.3, -0.25) is 14.4 Å². The van der Waals surface area contributed by atoms with Crippen molar-refractivity contribution < 1.29 is 28.6 Å². The van der Waals surface area contributed by atoms with Gasteiger partial charge in [-0.2, -0.15) is 0 Å². The zero-order chi connectivity index (χ0) is 27.3. The van der Waals surface area contributed by atoms with Gasteiger partial charge in [-0.1, -0.05) is 41.5 Å². The summed E-state index contributed by atoms with van der Waals surface area (Å²) in [6, 6.07) is 0. The van der Waals surface area contributed by atoms with Crippen LogP contribution in [-0.2, 0) is 28.6 Å². The predicted molar refractivity (Wildman–Crippen MR) is 140 cm³/mol. The molecule has 7 fully saturated rings. The number of fused-ring (bicyclic) bond motifs is 3. The van der Waals surface area contributed by atoms with Crippen LogP contribution in [0, 0.1) is 50.2 Å². The molecule has 6 heteroatoms. The Hall–Kier alpha value is -1.43. The van der Waals surface area contributed by atoms with E-state index in [1.807, 2.05) is 0 Å². The van der Waals surface area contributed by atoms with Gasteiger partial charge in [0.05, 0.1) is 10.8 Å². The van der Waals surface area contributed by atoms with E-state index in [2.05, 4.69) is 41.5 Å². The number of rotatable bonds is 1. The summed E-state index contributed by atoms with van der Waals surface area (Å²) in [6.45, 7) is 15.3. The summed E-state index contributed by atoms with van der Waals surface area (Å²) in [4.78, 5) is 39.6. The second-order valence-electron chi connectivity index (χ2n) is 16.2. The zero-order valence-corrected chi connectivity index (χ0v) is 24.4. The van der Waals surface area contributed by atoms with Crippen LogP contribution < -0.4 is 0 Å². The lowest BCUT2D eigenvalue weighted by molar-refractivity contribution is -0.290. The monoisotopic (exact) mass is 526 g/mol. The van der Waals surface area contributed by atoms with E-state index in [0.29, 0.717) is 24.0 Å². The average Bonchev–Trinajstić information content (AvgIpc) is 3.11. The Labute approximate surface area is 227 Å². The predicted octanol–water partition coefficient (Wildman–Crippen LogP) is 5.99. The number of Topliss-reactive ketones (excluding diaryl/α,β-unsaturated/α-hetero) is 1. The molecule has 210 valence electrons. The maximum Gasteiger partial charge on any atom is 0.313 e. The third-order valence-electron chi connectivity index (χ3n) is 14.2. The molecular weight excluding hydrogens is 480 g/mol. The molecule has 7 rings (SSSR count). The van der Waals surface area contributed by atoms with E-state index >= 15 is 0 Å². The van der Waals surface area contributed by atoms with Crippen LogP contribution in [0.5, 0.6) is 0 Å². The molecule has 38 heavy (non-hydrogen) atoms. The van der Waals surface area contributed by atoms with Crippen molar-refractivity contribution in [2.45, 2.75) is 131 Å². The van der Waals surface area contributed by atoms with Crippen LogP contribution >= 0.6 is 0 Å². The Morgan fingerprint density at radius 2 is 1.61 bits per heavy atom. The van der Waals surface area contributed by atoms with E-state index in [0.717, 1.165) is 57.8 Å². The quantitative estimate of drug-likeness (QED) is 0.390. The Kier molecular flexibility index (Phi) is 4.75. The van der Waals surface area contributed by atoms with E-state index in [9.17, 15) is 14.4 Å². The number of ketones is 1. The van der Waals surface area contributed by atoms with E-state index < -0.39 is 22.7 Å². The SMILES string of the molecule is CC(=O)OC1O[C@H]2C[C@@H]3[C@@]4(C)CCC(=O)C(C)(C)[C@@H]4CC[C@@]3(C)[C@@]13CC[C@@]14CCC(C)(C)C[C@H]1[C@@]23OC4=O. The molecule has 6 nitrogen and oxygen atoms in total. The van der Waals surface area contributed by atoms with E-state index in [4.69, 9.17) is 14.2 Å². The number of hydrogen-bond acceptors (Lipinski definition) is 6. The molecule has 4 bridgehead atoms. The molecule has 2 heterocycles. The van der Waals surface area contributed by atoms with Crippen molar-refractivity contribution in [2.24, 2.45) is 50.2 Å². The van der Waals surface area contributed by atoms with Gasteiger partial charge >= 0.3 is 11.9 Å². The van der Waals surface area contributed by atoms with E-state index in [1.165, 1.54) is 6.92 Å². The first-order chi connectivity index (χ1) is 17.6. The lowest BCUT2D eigenvalue weighted by Gasteiger charge is -2.72. The summed E-state index contributed by atoms with van der Waals surface area (Å²) in [5.41, 5.74) is -2.24. The second kappa shape index (κ2) is 7.06. The van der Waals surface area contributed by atoms with Crippen molar-refractivity contribution in [1.82, 2.24) is 0 Å². The van der Waals surface area contributed by atoms with Gasteiger partial charge in [-0.05, 0) is 85.9 Å². The van der Waals surface area contributed by atoms with Gasteiger partial charge in [-0.15, -0.1) is 0 Å². The topological polar surface area (TPSA) is 78.9 Å². The first-order valence-corrected chi connectivity index (χ1v) is 15.2. The van der Waals surface area contributed by atoms with E-state index in [-0.39, 0.29) is 45.6 Å². The Bertz CT molecular complexity index is 1140. The van der Waals surface area contributed by atoms with Gasteiger partial charge in [0.1, 0.15) is 11.9 Å². The molecule has 7 aliphatic rings. The Morgan fingerprint density at radius 3 is 2.32 bits per heavy atom. The van der Waals surface area contributed by atoms with Crippen molar-refractivity contribution >= 4 is 17.7 Å². The highest BCUT2D eigenvalue weighted by Crippen LogP contribution is 2.84. The highest BCUT2D eigenvalue weighted by atomic mass is 16.7. The van der Waals surface area contributed by atoms with Crippen molar-refractivity contribution in [1.29, 1.82) is 0 Å². The Morgan fingerprint density at radius 1 is 0.895 bits per heavy atom. The smallest absolute Gasteiger partial charge is 0.313 e. The molecule has 0 aromatic heterocycles. The van der Waals surface area contributed by atoms with Crippen LogP contribution in [0.1, 0.15) is 113 Å². The molecule has 10 atom stereocenters. The van der Waals surface area contributed by atoms with Crippen molar-refractivity contribution in [2.75, 3.05) is 0 Å².